The fourth-order valence-electron chi connectivity index (χ4n) is 8.47. The van der Waals surface area contributed by atoms with Gasteiger partial charge in [0.25, 0.3) is 0 Å². The average Bonchev–Trinajstić information content (AvgIpc) is 2.72. The van der Waals surface area contributed by atoms with Crippen molar-refractivity contribution in [1.82, 2.24) is 0 Å². The second kappa shape index (κ2) is 7.01. The molecule has 4 aliphatic carbocycles. The first-order valence-corrected chi connectivity index (χ1v) is 13.0. The molecule has 1 aliphatic heterocycles. The lowest BCUT2D eigenvalue weighted by molar-refractivity contribution is -0.142. The van der Waals surface area contributed by atoms with Crippen LogP contribution >= 0.6 is 0 Å². The molecule has 1 nitrogen and oxygen atoms in total. The lowest BCUT2D eigenvalue weighted by Gasteiger charge is -2.60. The predicted octanol–water partition coefficient (Wildman–Crippen LogP) is 8.52. The van der Waals surface area contributed by atoms with E-state index in [0.717, 1.165) is 18.6 Å². The monoisotopic (exact) mass is 408 g/mol. The van der Waals surface area contributed by atoms with Crippen LogP contribution in [0.4, 0.5) is 0 Å². The summed E-state index contributed by atoms with van der Waals surface area (Å²) in [4.78, 5) is 0. The van der Waals surface area contributed by atoms with Crippen molar-refractivity contribution in [2.45, 2.75) is 117 Å². The van der Waals surface area contributed by atoms with Gasteiger partial charge in [0.2, 0.25) is 0 Å². The highest BCUT2D eigenvalue weighted by Crippen LogP contribution is 2.65. The van der Waals surface area contributed by atoms with Gasteiger partial charge < -0.3 is 4.74 Å². The topological polar surface area (TPSA) is 9.23 Å². The maximum atomic E-state index is 6.53. The Balaban J connectivity index is 1.44. The zero-order valence-corrected chi connectivity index (χ0v) is 20.1. The van der Waals surface area contributed by atoms with Crippen molar-refractivity contribution in [2.75, 3.05) is 0 Å². The Morgan fingerprint density at radius 3 is 2.43 bits per heavy atom. The minimum absolute atomic E-state index is 0.0760. The van der Waals surface area contributed by atoms with E-state index >= 15 is 0 Å². The van der Waals surface area contributed by atoms with Gasteiger partial charge >= 0.3 is 0 Å². The van der Waals surface area contributed by atoms with Gasteiger partial charge in [-0.1, -0.05) is 69.9 Å². The fourth-order valence-corrected chi connectivity index (χ4v) is 8.47. The molecule has 0 radical (unpaired) electrons. The Morgan fingerprint density at radius 1 is 0.933 bits per heavy atom. The van der Waals surface area contributed by atoms with Gasteiger partial charge in [-0.25, -0.2) is 0 Å². The van der Waals surface area contributed by atoms with Crippen LogP contribution in [0, 0.1) is 28.1 Å². The molecule has 166 valence electrons. The number of hydrogen-bond acceptors (Lipinski definition) is 1. The van der Waals surface area contributed by atoms with Crippen LogP contribution in [0.3, 0.4) is 0 Å². The zero-order chi connectivity index (χ0) is 21.2. The molecule has 5 unspecified atom stereocenters. The highest BCUT2D eigenvalue weighted by atomic mass is 16.5. The minimum atomic E-state index is -0.0760. The minimum Gasteiger partial charge on any atom is -0.492 e. The maximum Gasteiger partial charge on any atom is 0.112 e. The van der Waals surface area contributed by atoms with E-state index in [2.05, 4.69) is 46.4 Å². The van der Waals surface area contributed by atoms with Gasteiger partial charge in [-0.15, -0.1) is 0 Å². The normalized spacial score (nSPS) is 45.7. The lowest BCUT2D eigenvalue weighted by atomic mass is 9.47. The number of allylic oxidation sites excluding steroid dienone is 5. The molecule has 5 rings (SSSR count). The van der Waals surface area contributed by atoms with Crippen molar-refractivity contribution in [3.8, 4) is 0 Å². The molecule has 1 saturated heterocycles. The number of rotatable bonds is 1. The van der Waals surface area contributed by atoms with Gasteiger partial charge in [0.15, 0.2) is 0 Å². The first-order chi connectivity index (χ1) is 14.2. The standard InChI is InChI=1S/C29H44O/c1-21-10-9-14-28(5,30-21)27(4)17-13-25-24(22(27)2)12-11-23-20-29(15-7-6-8-16-29)19-18-26(23,25)3/h11,13,22,24H,1,6-10,12,14-20H2,2-5H3. The van der Waals surface area contributed by atoms with Crippen LogP contribution < -0.4 is 0 Å². The molecule has 30 heavy (non-hydrogen) atoms. The fraction of sp³-hybridized carbons (Fsp3) is 0.793. The van der Waals surface area contributed by atoms with Crippen molar-refractivity contribution in [2.24, 2.45) is 28.1 Å². The highest BCUT2D eigenvalue weighted by molar-refractivity contribution is 5.40. The Hall–Kier alpha value is -0.980. The van der Waals surface area contributed by atoms with Crippen LogP contribution in [-0.4, -0.2) is 5.60 Å². The van der Waals surface area contributed by atoms with E-state index < -0.39 is 0 Å². The van der Waals surface area contributed by atoms with Crippen LogP contribution in [0.2, 0.25) is 0 Å². The summed E-state index contributed by atoms with van der Waals surface area (Å²) in [6, 6.07) is 0. The van der Waals surface area contributed by atoms with Crippen LogP contribution in [0.15, 0.2) is 35.6 Å². The number of hydrogen-bond donors (Lipinski definition) is 0. The van der Waals surface area contributed by atoms with Crippen molar-refractivity contribution in [1.29, 1.82) is 0 Å². The maximum absolute atomic E-state index is 6.53. The van der Waals surface area contributed by atoms with Gasteiger partial charge in [-0.05, 0) is 82.0 Å². The molecular weight excluding hydrogens is 364 g/mol. The summed E-state index contributed by atoms with van der Waals surface area (Å²) in [6.45, 7) is 14.2. The molecule has 2 saturated carbocycles. The van der Waals surface area contributed by atoms with Gasteiger partial charge in [0.05, 0.1) is 5.76 Å². The Morgan fingerprint density at radius 2 is 1.70 bits per heavy atom. The van der Waals surface area contributed by atoms with Crippen LogP contribution in [0.1, 0.15) is 111 Å². The van der Waals surface area contributed by atoms with E-state index in [9.17, 15) is 0 Å². The average molecular weight is 409 g/mol. The molecule has 0 aromatic heterocycles. The summed E-state index contributed by atoms with van der Waals surface area (Å²) in [5, 5.41) is 0. The largest absolute Gasteiger partial charge is 0.492 e. The van der Waals surface area contributed by atoms with Gasteiger partial charge in [-0.2, -0.15) is 0 Å². The molecule has 1 heteroatoms. The first kappa shape index (κ1) is 20.9. The molecule has 0 aromatic rings. The smallest absolute Gasteiger partial charge is 0.112 e. The third kappa shape index (κ3) is 2.93. The third-order valence-electron chi connectivity index (χ3n) is 11.0. The SMILES string of the molecule is C=C1CCCC(C)(C2(C)CC=C3C(CC=C4CC5(CCCCC5)CCC43C)C2C)O1. The summed E-state index contributed by atoms with van der Waals surface area (Å²) in [5.74, 6) is 2.34. The van der Waals surface area contributed by atoms with Crippen LogP contribution in [0.25, 0.3) is 0 Å². The van der Waals surface area contributed by atoms with Gasteiger partial charge in [0, 0.05) is 17.3 Å². The van der Waals surface area contributed by atoms with E-state index in [4.69, 9.17) is 4.74 Å². The first-order valence-electron chi connectivity index (χ1n) is 13.0. The second-order valence-electron chi connectivity index (χ2n) is 12.4. The van der Waals surface area contributed by atoms with Crippen LogP contribution in [0.5, 0.6) is 0 Å². The van der Waals surface area contributed by atoms with E-state index in [1.54, 1.807) is 5.57 Å². The molecule has 5 atom stereocenters. The molecule has 0 amide bonds. The molecule has 0 bridgehead atoms. The molecule has 3 fully saturated rings. The van der Waals surface area contributed by atoms with E-state index in [1.165, 1.54) is 70.6 Å². The summed E-state index contributed by atoms with van der Waals surface area (Å²) < 4.78 is 6.53. The predicted molar refractivity (Wildman–Crippen MR) is 126 cm³/mol. The van der Waals surface area contributed by atoms with Crippen LogP contribution in [-0.2, 0) is 4.74 Å². The molecule has 0 aromatic carbocycles. The zero-order valence-electron chi connectivity index (χ0n) is 20.1. The Kier molecular flexibility index (Phi) is 4.88. The van der Waals surface area contributed by atoms with E-state index in [-0.39, 0.29) is 11.0 Å². The van der Waals surface area contributed by atoms with Gasteiger partial charge in [-0.3, -0.25) is 0 Å². The summed E-state index contributed by atoms with van der Waals surface area (Å²) >= 11 is 0. The van der Waals surface area contributed by atoms with Gasteiger partial charge in [0.1, 0.15) is 5.60 Å². The molecule has 1 spiro atoms. The van der Waals surface area contributed by atoms with Crippen molar-refractivity contribution in [3.63, 3.8) is 0 Å². The number of fused-ring (bicyclic) bond motifs is 3. The Bertz CT molecular complexity index is 780. The molecule has 5 aliphatic rings. The number of ether oxygens (including phenoxy) is 1. The van der Waals surface area contributed by atoms with Crippen molar-refractivity contribution < 1.29 is 4.74 Å². The molecule has 0 N–H and O–H groups in total. The molecule has 1 heterocycles. The summed E-state index contributed by atoms with van der Waals surface area (Å²) in [6.07, 6.45) is 22.9. The second-order valence-corrected chi connectivity index (χ2v) is 12.4. The highest BCUT2D eigenvalue weighted by Gasteiger charge is 2.57. The Labute approximate surface area is 185 Å². The van der Waals surface area contributed by atoms with Crippen molar-refractivity contribution >= 4 is 0 Å². The molecular formula is C29H44O. The van der Waals surface area contributed by atoms with E-state index in [0.29, 0.717) is 22.7 Å². The summed E-state index contributed by atoms with van der Waals surface area (Å²) in [5.41, 5.74) is 4.70. The lowest BCUT2D eigenvalue weighted by Crippen LogP contribution is -2.55. The van der Waals surface area contributed by atoms with E-state index in [1.807, 2.05) is 5.57 Å². The quantitative estimate of drug-likeness (QED) is 0.395. The van der Waals surface area contributed by atoms with Crippen molar-refractivity contribution in [3.05, 3.63) is 35.6 Å². The summed E-state index contributed by atoms with van der Waals surface area (Å²) in [7, 11) is 0. The third-order valence-corrected chi connectivity index (χ3v) is 11.0.